The lowest BCUT2D eigenvalue weighted by Gasteiger charge is -2.34. The molecule has 1 saturated heterocycles. The number of carbonyl (C=O) groups excluding carboxylic acids is 2. The Balaban J connectivity index is 1.37. The molecule has 1 heterocycles. The van der Waals surface area contributed by atoms with Crippen molar-refractivity contribution in [2.24, 2.45) is 0 Å². The second-order valence-electron chi connectivity index (χ2n) is 9.40. The average molecular weight is 473 g/mol. The van der Waals surface area contributed by atoms with E-state index in [2.05, 4.69) is 34.1 Å². The van der Waals surface area contributed by atoms with Crippen LogP contribution in [-0.4, -0.2) is 55.5 Å². The van der Waals surface area contributed by atoms with Crippen molar-refractivity contribution in [3.8, 4) is 0 Å². The van der Waals surface area contributed by atoms with Crippen molar-refractivity contribution in [2.75, 3.05) is 32.0 Å². The van der Waals surface area contributed by atoms with E-state index < -0.39 is 0 Å². The molecule has 0 radical (unpaired) electrons. The molecule has 3 N–H and O–H groups in total. The van der Waals surface area contributed by atoms with E-state index >= 15 is 0 Å². The Kier molecular flexibility index (Phi) is 8.16. The lowest BCUT2D eigenvalue weighted by molar-refractivity contribution is -0.134. The summed E-state index contributed by atoms with van der Waals surface area (Å²) in [4.78, 5) is 27.2. The fourth-order valence-electron chi connectivity index (χ4n) is 4.82. The molecule has 6 nitrogen and oxygen atoms in total. The number of fused-ring (bicyclic) bond motifs is 1. The molecule has 1 atom stereocenters. The van der Waals surface area contributed by atoms with Crippen molar-refractivity contribution in [3.63, 3.8) is 0 Å². The number of benzene rings is 3. The summed E-state index contributed by atoms with van der Waals surface area (Å²) in [6.07, 6.45) is 2.86. The first-order valence-electron chi connectivity index (χ1n) is 12.5. The van der Waals surface area contributed by atoms with Gasteiger partial charge in [-0.15, -0.1) is 0 Å². The molecule has 35 heavy (non-hydrogen) atoms. The standard InChI is InChI=1S/C29H36N4O2/c1-20-8-4-5-9-24(20)28(34)32-27-13-12-22(25-10-6-7-11-26(25)27)14-17-31-23-15-18-33(19-16-23)29(35)21(2)30-3/h4-13,21,23,30-31H,14-19H2,1-3H3,(H,32,34)/t21-/m0/s1. The van der Waals surface area contributed by atoms with Crippen molar-refractivity contribution in [1.82, 2.24) is 15.5 Å². The number of nitrogens with one attached hydrogen (secondary N) is 3. The van der Waals surface area contributed by atoms with Crippen LogP contribution >= 0.6 is 0 Å². The van der Waals surface area contributed by atoms with Gasteiger partial charge in [-0.3, -0.25) is 9.59 Å². The number of likely N-dealkylation sites (tertiary alicyclic amines) is 1. The summed E-state index contributed by atoms with van der Waals surface area (Å²) in [5, 5.41) is 12.1. The first-order chi connectivity index (χ1) is 17.0. The van der Waals surface area contributed by atoms with Gasteiger partial charge in [0.05, 0.1) is 6.04 Å². The van der Waals surface area contributed by atoms with E-state index in [1.807, 2.05) is 68.3 Å². The molecule has 0 aromatic heterocycles. The van der Waals surface area contributed by atoms with Gasteiger partial charge in [-0.1, -0.05) is 48.5 Å². The average Bonchev–Trinajstić information content (AvgIpc) is 2.89. The molecule has 0 aliphatic carbocycles. The Morgan fingerprint density at radius 1 is 0.971 bits per heavy atom. The summed E-state index contributed by atoms with van der Waals surface area (Å²) in [6, 6.07) is 20.3. The van der Waals surface area contributed by atoms with Gasteiger partial charge in [0, 0.05) is 35.8 Å². The summed E-state index contributed by atoms with van der Waals surface area (Å²) in [5.41, 5.74) is 3.75. The van der Waals surface area contributed by atoms with Crippen LogP contribution in [0.4, 0.5) is 5.69 Å². The topological polar surface area (TPSA) is 73.5 Å². The zero-order valence-electron chi connectivity index (χ0n) is 20.9. The number of likely N-dealkylation sites (N-methyl/N-ethyl adjacent to an activating group) is 1. The molecule has 0 bridgehead atoms. The predicted molar refractivity (Wildman–Crippen MR) is 143 cm³/mol. The third kappa shape index (κ3) is 5.89. The normalized spacial score (nSPS) is 15.2. The smallest absolute Gasteiger partial charge is 0.255 e. The van der Waals surface area contributed by atoms with E-state index in [0.29, 0.717) is 11.6 Å². The number of hydrogen-bond acceptors (Lipinski definition) is 4. The number of piperidine rings is 1. The maximum Gasteiger partial charge on any atom is 0.255 e. The van der Waals surface area contributed by atoms with E-state index in [1.54, 1.807) is 0 Å². The van der Waals surface area contributed by atoms with Gasteiger partial charge < -0.3 is 20.9 Å². The Morgan fingerprint density at radius 3 is 2.37 bits per heavy atom. The van der Waals surface area contributed by atoms with Gasteiger partial charge in [-0.2, -0.15) is 0 Å². The second-order valence-corrected chi connectivity index (χ2v) is 9.40. The second kappa shape index (κ2) is 11.5. The Labute approximate surface area is 208 Å². The quantitative estimate of drug-likeness (QED) is 0.461. The van der Waals surface area contributed by atoms with Crippen LogP contribution in [0.3, 0.4) is 0 Å². The molecule has 1 aliphatic heterocycles. The highest BCUT2D eigenvalue weighted by molar-refractivity contribution is 6.10. The maximum absolute atomic E-state index is 12.9. The summed E-state index contributed by atoms with van der Waals surface area (Å²) >= 11 is 0. The highest BCUT2D eigenvalue weighted by Gasteiger charge is 2.25. The zero-order valence-corrected chi connectivity index (χ0v) is 20.9. The molecule has 1 fully saturated rings. The van der Waals surface area contributed by atoms with Crippen LogP contribution in [0.2, 0.25) is 0 Å². The lowest BCUT2D eigenvalue weighted by atomic mass is 9.99. The molecule has 6 heteroatoms. The molecule has 0 spiro atoms. The van der Waals surface area contributed by atoms with E-state index in [4.69, 9.17) is 0 Å². The third-order valence-corrected chi connectivity index (χ3v) is 7.09. The molecule has 4 rings (SSSR count). The largest absolute Gasteiger partial charge is 0.341 e. The first-order valence-corrected chi connectivity index (χ1v) is 12.5. The summed E-state index contributed by atoms with van der Waals surface area (Å²) in [5.74, 6) is 0.101. The van der Waals surface area contributed by atoms with Crippen LogP contribution in [0.25, 0.3) is 10.8 Å². The van der Waals surface area contributed by atoms with Crippen LogP contribution in [0.15, 0.2) is 60.7 Å². The van der Waals surface area contributed by atoms with Crippen LogP contribution in [0.1, 0.15) is 41.3 Å². The molecular formula is C29H36N4O2. The molecule has 2 amide bonds. The molecule has 0 saturated carbocycles. The monoisotopic (exact) mass is 472 g/mol. The summed E-state index contributed by atoms with van der Waals surface area (Å²) in [6.45, 7) is 6.36. The van der Waals surface area contributed by atoms with Gasteiger partial charge in [-0.25, -0.2) is 0 Å². The zero-order chi connectivity index (χ0) is 24.8. The fourth-order valence-corrected chi connectivity index (χ4v) is 4.82. The number of rotatable bonds is 8. The van der Waals surface area contributed by atoms with Gasteiger partial charge in [0.25, 0.3) is 5.91 Å². The Bertz CT molecular complexity index is 1180. The highest BCUT2D eigenvalue weighted by atomic mass is 16.2. The van der Waals surface area contributed by atoms with E-state index in [-0.39, 0.29) is 17.9 Å². The minimum absolute atomic E-state index is 0.0865. The highest BCUT2D eigenvalue weighted by Crippen LogP contribution is 2.28. The maximum atomic E-state index is 12.9. The van der Waals surface area contributed by atoms with Crippen molar-refractivity contribution < 1.29 is 9.59 Å². The SMILES string of the molecule is CN[C@@H](C)C(=O)N1CCC(NCCc2ccc(NC(=O)c3ccccc3C)c3ccccc23)CC1. The Morgan fingerprint density at radius 2 is 1.66 bits per heavy atom. The summed E-state index contributed by atoms with van der Waals surface area (Å²) in [7, 11) is 1.82. The molecule has 184 valence electrons. The van der Waals surface area contributed by atoms with E-state index in [0.717, 1.165) is 55.5 Å². The van der Waals surface area contributed by atoms with Crippen LogP contribution < -0.4 is 16.0 Å². The van der Waals surface area contributed by atoms with Crippen molar-refractivity contribution in [1.29, 1.82) is 0 Å². The van der Waals surface area contributed by atoms with Crippen molar-refractivity contribution >= 4 is 28.3 Å². The summed E-state index contributed by atoms with van der Waals surface area (Å²) < 4.78 is 0. The van der Waals surface area contributed by atoms with Crippen molar-refractivity contribution in [2.45, 2.75) is 45.2 Å². The van der Waals surface area contributed by atoms with Crippen LogP contribution in [0.5, 0.6) is 0 Å². The Hall–Kier alpha value is -3.22. The molecule has 3 aromatic rings. The van der Waals surface area contributed by atoms with Gasteiger partial charge >= 0.3 is 0 Å². The van der Waals surface area contributed by atoms with Gasteiger partial charge in [0.1, 0.15) is 0 Å². The molecule has 3 aromatic carbocycles. The number of anilines is 1. The number of carbonyl (C=O) groups is 2. The first kappa shape index (κ1) is 24.9. The number of amides is 2. The van der Waals surface area contributed by atoms with Crippen molar-refractivity contribution in [3.05, 3.63) is 77.4 Å². The van der Waals surface area contributed by atoms with Gasteiger partial charge in [0.2, 0.25) is 5.91 Å². The molecule has 0 unspecified atom stereocenters. The lowest BCUT2D eigenvalue weighted by Crippen LogP contribution is -2.50. The molecular weight excluding hydrogens is 436 g/mol. The number of hydrogen-bond donors (Lipinski definition) is 3. The molecule has 1 aliphatic rings. The van der Waals surface area contributed by atoms with Crippen LogP contribution in [-0.2, 0) is 11.2 Å². The third-order valence-electron chi connectivity index (χ3n) is 7.09. The fraction of sp³-hybridized carbons (Fsp3) is 0.379. The number of aryl methyl sites for hydroxylation is 1. The van der Waals surface area contributed by atoms with E-state index in [1.165, 1.54) is 10.9 Å². The van der Waals surface area contributed by atoms with E-state index in [9.17, 15) is 9.59 Å². The van der Waals surface area contributed by atoms with Crippen LogP contribution in [0, 0.1) is 6.92 Å². The minimum Gasteiger partial charge on any atom is -0.341 e. The number of nitrogens with zero attached hydrogens (tertiary/aromatic N) is 1. The van der Waals surface area contributed by atoms with Gasteiger partial charge in [0.15, 0.2) is 0 Å². The predicted octanol–water partition coefficient (Wildman–Crippen LogP) is 4.13. The van der Waals surface area contributed by atoms with Gasteiger partial charge in [-0.05, 0) is 75.3 Å². The minimum atomic E-state index is -0.128.